The van der Waals surface area contributed by atoms with E-state index in [1.807, 2.05) is 6.07 Å². The normalized spacial score (nSPS) is 11.0. The van der Waals surface area contributed by atoms with Crippen molar-refractivity contribution in [2.24, 2.45) is 0 Å². The summed E-state index contributed by atoms with van der Waals surface area (Å²) >= 11 is 6.01. The molecule has 0 aliphatic carbocycles. The average molecular weight is 280 g/mol. The van der Waals surface area contributed by atoms with Crippen molar-refractivity contribution in [3.8, 4) is 11.4 Å². The van der Waals surface area contributed by atoms with Crippen LogP contribution in [0, 0.1) is 5.82 Å². The molecule has 3 nitrogen and oxygen atoms in total. The van der Waals surface area contributed by atoms with Crippen molar-refractivity contribution in [1.29, 1.82) is 0 Å². The second-order valence-electron chi connectivity index (χ2n) is 4.53. The summed E-state index contributed by atoms with van der Waals surface area (Å²) in [5.41, 5.74) is 1.51. The van der Waals surface area contributed by atoms with Gasteiger partial charge in [0.1, 0.15) is 5.82 Å². The number of hydrogen-bond donors (Lipinski definition) is 1. The molecule has 0 aliphatic heterocycles. The minimum absolute atomic E-state index is 0.314. The number of aromatic nitrogens is 2. The lowest BCUT2D eigenvalue weighted by molar-refractivity contribution is 0.581. The highest BCUT2D eigenvalue weighted by atomic mass is 35.5. The van der Waals surface area contributed by atoms with Crippen LogP contribution in [0.1, 0.15) is 19.5 Å². The topological polar surface area (TPSA) is 37.8 Å². The monoisotopic (exact) mass is 279 g/mol. The molecule has 1 heterocycles. The molecule has 0 bridgehead atoms. The largest absolute Gasteiger partial charge is 0.309 e. The highest BCUT2D eigenvalue weighted by Crippen LogP contribution is 2.25. The molecule has 1 aromatic heterocycles. The van der Waals surface area contributed by atoms with Gasteiger partial charge in [-0.3, -0.25) is 0 Å². The van der Waals surface area contributed by atoms with Crippen LogP contribution in [0.2, 0.25) is 5.02 Å². The van der Waals surface area contributed by atoms with E-state index in [4.69, 9.17) is 11.6 Å². The van der Waals surface area contributed by atoms with Gasteiger partial charge in [0.15, 0.2) is 5.82 Å². The van der Waals surface area contributed by atoms with Crippen LogP contribution in [-0.2, 0) is 6.54 Å². The van der Waals surface area contributed by atoms with E-state index in [2.05, 4.69) is 29.1 Å². The van der Waals surface area contributed by atoms with E-state index >= 15 is 0 Å². The number of nitrogens with one attached hydrogen (secondary N) is 1. The van der Waals surface area contributed by atoms with E-state index < -0.39 is 0 Å². The molecule has 0 spiro atoms. The molecule has 0 amide bonds. The Balaban J connectivity index is 2.27. The maximum Gasteiger partial charge on any atom is 0.160 e. The summed E-state index contributed by atoms with van der Waals surface area (Å²) in [5, 5.41) is 3.59. The molecule has 0 saturated carbocycles. The number of rotatable bonds is 4. The zero-order valence-corrected chi connectivity index (χ0v) is 11.6. The Bertz CT molecular complexity index is 572. The molecule has 100 valence electrons. The van der Waals surface area contributed by atoms with Gasteiger partial charge in [0.25, 0.3) is 0 Å². The molecular weight excluding hydrogens is 265 g/mol. The maximum absolute atomic E-state index is 13.0. The zero-order valence-electron chi connectivity index (χ0n) is 10.8. The fourth-order valence-corrected chi connectivity index (χ4v) is 1.86. The molecule has 5 heteroatoms. The van der Waals surface area contributed by atoms with Crippen LogP contribution in [0.15, 0.2) is 30.5 Å². The number of hydrogen-bond acceptors (Lipinski definition) is 3. The lowest BCUT2D eigenvalue weighted by atomic mass is 10.2. The van der Waals surface area contributed by atoms with Crippen molar-refractivity contribution in [2.75, 3.05) is 0 Å². The second-order valence-corrected chi connectivity index (χ2v) is 4.94. The number of benzene rings is 1. The molecule has 2 rings (SSSR count). The SMILES string of the molecule is CC(C)NCc1ccnc(-c2ccc(F)cc2Cl)n1. The Kier molecular flexibility index (Phi) is 4.45. The summed E-state index contributed by atoms with van der Waals surface area (Å²) < 4.78 is 13.0. The Morgan fingerprint density at radius 2 is 2.11 bits per heavy atom. The number of nitrogens with zero attached hydrogens (tertiary/aromatic N) is 2. The van der Waals surface area contributed by atoms with Crippen LogP contribution in [0.25, 0.3) is 11.4 Å². The summed E-state index contributed by atoms with van der Waals surface area (Å²) in [6.07, 6.45) is 1.68. The zero-order chi connectivity index (χ0) is 13.8. The fourth-order valence-electron chi connectivity index (χ4n) is 1.60. The smallest absolute Gasteiger partial charge is 0.160 e. The van der Waals surface area contributed by atoms with Gasteiger partial charge >= 0.3 is 0 Å². The number of halogens is 2. The highest BCUT2D eigenvalue weighted by molar-refractivity contribution is 6.33. The molecule has 0 fully saturated rings. The van der Waals surface area contributed by atoms with E-state index in [1.165, 1.54) is 12.1 Å². The summed E-state index contributed by atoms with van der Waals surface area (Å²) in [4.78, 5) is 8.61. The highest BCUT2D eigenvalue weighted by Gasteiger charge is 2.08. The van der Waals surface area contributed by atoms with E-state index in [1.54, 1.807) is 12.3 Å². The van der Waals surface area contributed by atoms with Crippen LogP contribution in [-0.4, -0.2) is 16.0 Å². The van der Waals surface area contributed by atoms with E-state index in [-0.39, 0.29) is 5.82 Å². The van der Waals surface area contributed by atoms with E-state index in [0.29, 0.717) is 29.0 Å². The first-order valence-electron chi connectivity index (χ1n) is 6.07. The minimum Gasteiger partial charge on any atom is -0.309 e. The average Bonchev–Trinajstić information content (AvgIpc) is 2.36. The van der Waals surface area contributed by atoms with Gasteiger partial charge in [0, 0.05) is 24.3 Å². The standard InChI is InChI=1S/C14H15ClFN3/c1-9(2)18-8-11-5-6-17-14(19-11)12-4-3-10(16)7-13(12)15/h3-7,9,18H,8H2,1-2H3. The fraction of sp³-hybridized carbons (Fsp3) is 0.286. The third-order valence-electron chi connectivity index (χ3n) is 2.58. The summed E-state index contributed by atoms with van der Waals surface area (Å²) in [6, 6.07) is 6.43. The summed E-state index contributed by atoms with van der Waals surface area (Å²) in [7, 11) is 0. The molecule has 0 radical (unpaired) electrons. The van der Waals surface area contributed by atoms with Gasteiger partial charge in [0.2, 0.25) is 0 Å². The van der Waals surface area contributed by atoms with Gasteiger partial charge < -0.3 is 5.32 Å². The molecular formula is C14H15ClFN3. The molecule has 0 aliphatic rings. The molecule has 0 atom stereocenters. The van der Waals surface area contributed by atoms with Crippen molar-refractivity contribution < 1.29 is 4.39 Å². The van der Waals surface area contributed by atoms with Crippen molar-refractivity contribution in [1.82, 2.24) is 15.3 Å². The Hall–Kier alpha value is -1.52. The summed E-state index contributed by atoms with van der Waals surface area (Å²) in [6.45, 7) is 4.80. The first-order chi connectivity index (χ1) is 9.06. The van der Waals surface area contributed by atoms with Gasteiger partial charge in [-0.05, 0) is 24.3 Å². The Labute approximate surface area is 116 Å². The lowest BCUT2D eigenvalue weighted by Crippen LogP contribution is -2.22. The first-order valence-corrected chi connectivity index (χ1v) is 6.45. The van der Waals surface area contributed by atoms with Crippen molar-refractivity contribution in [3.63, 3.8) is 0 Å². The Morgan fingerprint density at radius 1 is 1.32 bits per heavy atom. The van der Waals surface area contributed by atoms with Crippen molar-refractivity contribution in [3.05, 3.63) is 47.0 Å². The van der Waals surface area contributed by atoms with Crippen molar-refractivity contribution in [2.45, 2.75) is 26.4 Å². The molecule has 19 heavy (non-hydrogen) atoms. The maximum atomic E-state index is 13.0. The van der Waals surface area contributed by atoms with E-state index in [0.717, 1.165) is 5.69 Å². The lowest BCUT2D eigenvalue weighted by Gasteiger charge is -2.09. The quantitative estimate of drug-likeness (QED) is 0.932. The molecule has 1 aromatic carbocycles. The first kappa shape index (κ1) is 13.9. The third-order valence-corrected chi connectivity index (χ3v) is 2.89. The van der Waals surface area contributed by atoms with E-state index in [9.17, 15) is 4.39 Å². The summed E-state index contributed by atoms with van der Waals surface area (Å²) in [5.74, 6) is 0.138. The molecule has 0 saturated heterocycles. The molecule has 0 unspecified atom stereocenters. The van der Waals surface area contributed by atoms with Gasteiger partial charge in [0.05, 0.1) is 10.7 Å². The predicted octanol–water partition coefficient (Wildman–Crippen LogP) is 3.43. The van der Waals surface area contributed by atoms with Crippen LogP contribution < -0.4 is 5.32 Å². The van der Waals surface area contributed by atoms with Gasteiger partial charge in [-0.15, -0.1) is 0 Å². The third kappa shape index (κ3) is 3.72. The Morgan fingerprint density at radius 3 is 2.79 bits per heavy atom. The second kappa shape index (κ2) is 6.08. The van der Waals surface area contributed by atoms with Crippen LogP contribution >= 0.6 is 11.6 Å². The van der Waals surface area contributed by atoms with Gasteiger partial charge in [-0.25, -0.2) is 14.4 Å². The van der Waals surface area contributed by atoms with Crippen LogP contribution in [0.5, 0.6) is 0 Å². The van der Waals surface area contributed by atoms with Crippen LogP contribution in [0.3, 0.4) is 0 Å². The van der Waals surface area contributed by atoms with Gasteiger partial charge in [-0.1, -0.05) is 25.4 Å². The van der Waals surface area contributed by atoms with Crippen LogP contribution in [0.4, 0.5) is 4.39 Å². The predicted molar refractivity (Wildman–Crippen MR) is 74.4 cm³/mol. The van der Waals surface area contributed by atoms with Gasteiger partial charge in [-0.2, -0.15) is 0 Å². The van der Waals surface area contributed by atoms with Crippen molar-refractivity contribution >= 4 is 11.6 Å². The minimum atomic E-state index is -0.369. The molecule has 1 N–H and O–H groups in total. The molecule has 2 aromatic rings.